The Morgan fingerprint density at radius 2 is 1.87 bits per heavy atom. The molecule has 0 aliphatic rings. The molecule has 0 fully saturated rings. The molecule has 1 aromatic rings. The summed E-state index contributed by atoms with van der Waals surface area (Å²) in [6.45, 7) is 2.16. The molecular formula is C13H16O2. The van der Waals surface area contributed by atoms with E-state index in [1.54, 1.807) is 6.08 Å². The molecule has 15 heavy (non-hydrogen) atoms. The van der Waals surface area contributed by atoms with Crippen LogP contribution in [0.15, 0.2) is 36.4 Å². The lowest BCUT2D eigenvalue weighted by atomic mass is 10.1. The van der Waals surface area contributed by atoms with Gasteiger partial charge in [0.25, 0.3) is 0 Å². The smallest absolute Gasteiger partial charge is 0.327 e. The normalized spacial score (nSPS) is 10.7. The molecule has 0 bridgehead atoms. The Morgan fingerprint density at radius 1 is 1.27 bits per heavy atom. The van der Waals surface area contributed by atoms with Gasteiger partial charge in [0, 0.05) is 6.08 Å². The van der Waals surface area contributed by atoms with Crippen LogP contribution in [0.3, 0.4) is 0 Å². The summed E-state index contributed by atoms with van der Waals surface area (Å²) in [5.41, 5.74) is 2.48. The summed E-state index contributed by atoms with van der Waals surface area (Å²) < 4.78 is 0. The standard InChI is InChI=1S/C13H16O2/c1-2-4-11-7-9-12(10-8-11)5-3-6-13(14)15/h3,6-10H,2,4-5H2,1H3,(H,14,15)/b6-3+. The molecule has 0 aliphatic heterocycles. The topological polar surface area (TPSA) is 37.3 Å². The molecule has 1 aromatic carbocycles. The third kappa shape index (κ3) is 4.45. The van der Waals surface area contributed by atoms with Crippen molar-refractivity contribution in [3.05, 3.63) is 47.5 Å². The molecule has 80 valence electrons. The number of carboxylic acid groups (broad SMARTS) is 1. The van der Waals surface area contributed by atoms with Crippen LogP contribution in [0.5, 0.6) is 0 Å². The molecule has 0 amide bonds. The Hall–Kier alpha value is -1.57. The lowest BCUT2D eigenvalue weighted by Gasteiger charge is -2.00. The zero-order valence-corrected chi connectivity index (χ0v) is 8.94. The number of hydrogen-bond acceptors (Lipinski definition) is 1. The maximum absolute atomic E-state index is 10.2. The summed E-state index contributed by atoms with van der Waals surface area (Å²) >= 11 is 0. The highest BCUT2D eigenvalue weighted by atomic mass is 16.4. The van der Waals surface area contributed by atoms with Crippen molar-refractivity contribution in [2.75, 3.05) is 0 Å². The van der Waals surface area contributed by atoms with Crippen LogP contribution in [0.1, 0.15) is 24.5 Å². The number of aliphatic carboxylic acids is 1. The minimum atomic E-state index is -0.891. The van der Waals surface area contributed by atoms with Gasteiger partial charge >= 0.3 is 5.97 Å². The number of allylic oxidation sites excluding steroid dienone is 1. The van der Waals surface area contributed by atoms with Crippen molar-refractivity contribution in [3.8, 4) is 0 Å². The maximum Gasteiger partial charge on any atom is 0.327 e. The first-order valence-electron chi connectivity index (χ1n) is 5.19. The molecule has 0 aliphatic carbocycles. The first kappa shape index (κ1) is 11.5. The Bertz CT molecular complexity index is 336. The Kier molecular flexibility index (Phi) is 4.61. The zero-order chi connectivity index (χ0) is 11.1. The summed E-state index contributed by atoms with van der Waals surface area (Å²) in [6, 6.07) is 8.31. The molecule has 2 nitrogen and oxygen atoms in total. The second-order valence-corrected chi connectivity index (χ2v) is 3.51. The Labute approximate surface area is 90.3 Å². The first-order valence-corrected chi connectivity index (χ1v) is 5.19. The summed E-state index contributed by atoms with van der Waals surface area (Å²) in [6.07, 6.45) is 5.78. The van der Waals surface area contributed by atoms with E-state index in [-0.39, 0.29) is 0 Å². The minimum Gasteiger partial charge on any atom is -0.478 e. The minimum absolute atomic E-state index is 0.679. The zero-order valence-electron chi connectivity index (χ0n) is 8.94. The molecule has 0 unspecified atom stereocenters. The number of carbonyl (C=O) groups is 1. The fourth-order valence-electron chi connectivity index (χ4n) is 1.43. The van der Waals surface area contributed by atoms with E-state index >= 15 is 0 Å². The van der Waals surface area contributed by atoms with Crippen LogP contribution in [-0.2, 0) is 17.6 Å². The monoisotopic (exact) mass is 204 g/mol. The molecule has 0 spiro atoms. The highest BCUT2D eigenvalue weighted by molar-refractivity contribution is 5.79. The van der Waals surface area contributed by atoms with Gasteiger partial charge in [-0.1, -0.05) is 43.7 Å². The second kappa shape index (κ2) is 6.02. The van der Waals surface area contributed by atoms with Gasteiger partial charge in [-0.05, 0) is 24.0 Å². The van der Waals surface area contributed by atoms with Crippen molar-refractivity contribution in [3.63, 3.8) is 0 Å². The molecule has 0 radical (unpaired) electrons. The molecule has 0 atom stereocenters. The van der Waals surface area contributed by atoms with Crippen LogP contribution in [0.4, 0.5) is 0 Å². The van der Waals surface area contributed by atoms with Crippen LogP contribution < -0.4 is 0 Å². The van der Waals surface area contributed by atoms with Crippen LogP contribution >= 0.6 is 0 Å². The van der Waals surface area contributed by atoms with Crippen molar-refractivity contribution in [1.82, 2.24) is 0 Å². The van der Waals surface area contributed by atoms with Crippen molar-refractivity contribution < 1.29 is 9.90 Å². The third-order valence-corrected chi connectivity index (χ3v) is 2.18. The lowest BCUT2D eigenvalue weighted by molar-refractivity contribution is -0.131. The largest absolute Gasteiger partial charge is 0.478 e. The van der Waals surface area contributed by atoms with E-state index in [1.165, 1.54) is 11.6 Å². The van der Waals surface area contributed by atoms with Gasteiger partial charge in [-0.3, -0.25) is 0 Å². The van der Waals surface area contributed by atoms with Crippen LogP contribution in [0.2, 0.25) is 0 Å². The SMILES string of the molecule is CCCc1ccc(C/C=C/C(=O)O)cc1. The highest BCUT2D eigenvalue weighted by Crippen LogP contribution is 2.07. The molecule has 0 aromatic heterocycles. The molecule has 1 rings (SSSR count). The Balaban J connectivity index is 2.53. The maximum atomic E-state index is 10.2. The van der Waals surface area contributed by atoms with Crippen LogP contribution in [-0.4, -0.2) is 11.1 Å². The van der Waals surface area contributed by atoms with Gasteiger partial charge in [-0.2, -0.15) is 0 Å². The predicted molar refractivity (Wildman–Crippen MR) is 60.9 cm³/mol. The van der Waals surface area contributed by atoms with Crippen molar-refractivity contribution in [2.45, 2.75) is 26.2 Å². The average molecular weight is 204 g/mol. The van der Waals surface area contributed by atoms with E-state index in [9.17, 15) is 4.79 Å². The van der Waals surface area contributed by atoms with Gasteiger partial charge in [-0.15, -0.1) is 0 Å². The fraction of sp³-hybridized carbons (Fsp3) is 0.308. The number of aryl methyl sites for hydroxylation is 1. The van der Waals surface area contributed by atoms with Gasteiger partial charge < -0.3 is 5.11 Å². The van der Waals surface area contributed by atoms with Gasteiger partial charge in [0.1, 0.15) is 0 Å². The number of benzene rings is 1. The number of carboxylic acids is 1. The van der Waals surface area contributed by atoms with E-state index in [0.29, 0.717) is 6.42 Å². The third-order valence-electron chi connectivity index (χ3n) is 2.18. The molecular weight excluding hydrogens is 188 g/mol. The average Bonchev–Trinajstić information content (AvgIpc) is 2.20. The Morgan fingerprint density at radius 3 is 2.40 bits per heavy atom. The molecule has 2 heteroatoms. The van der Waals surface area contributed by atoms with E-state index in [1.807, 2.05) is 0 Å². The number of hydrogen-bond donors (Lipinski definition) is 1. The molecule has 0 saturated carbocycles. The van der Waals surface area contributed by atoms with E-state index < -0.39 is 5.97 Å². The van der Waals surface area contributed by atoms with Crippen molar-refractivity contribution in [1.29, 1.82) is 0 Å². The van der Waals surface area contributed by atoms with E-state index in [2.05, 4.69) is 31.2 Å². The summed E-state index contributed by atoms with van der Waals surface area (Å²) in [7, 11) is 0. The predicted octanol–water partition coefficient (Wildman–Crippen LogP) is 2.82. The quantitative estimate of drug-likeness (QED) is 0.749. The fourth-order valence-corrected chi connectivity index (χ4v) is 1.43. The van der Waals surface area contributed by atoms with E-state index in [0.717, 1.165) is 18.4 Å². The summed E-state index contributed by atoms with van der Waals surface area (Å²) in [5.74, 6) is -0.891. The van der Waals surface area contributed by atoms with Crippen molar-refractivity contribution in [2.24, 2.45) is 0 Å². The van der Waals surface area contributed by atoms with Gasteiger partial charge in [-0.25, -0.2) is 4.79 Å². The van der Waals surface area contributed by atoms with Gasteiger partial charge in [0.15, 0.2) is 0 Å². The summed E-state index contributed by atoms with van der Waals surface area (Å²) in [5, 5.41) is 8.42. The van der Waals surface area contributed by atoms with Gasteiger partial charge in [0.2, 0.25) is 0 Å². The lowest BCUT2D eigenvalue weighted by Crippen LogP contribution is -1.88. The van der Waals surface area contributed by atoms with Crippen LogP contribution in [0, 0.1) is 0 Å². The highest BCUT2D eigenvalue weighted by Gasteiger charge is 1.93. The molecule has 0 heterocycles. The molecule has 0 saturated heterocycles. The van der Waals surface area contributed by atoms with E-state index in [4.69, 9.17) is 5.11 Å². The molecule has 1 N–H and O–H groups in total. The van der Waals surface area contributed by atoms with Crippen LogP contribution in [0.25, 0.3) is 0 Å². The second-order valence-electron chi connectivity index (χ2n) is 3.51. The summed E-state index contributed by atoms with van der Waals surface area (Å²) in [4.78, 5) is 10.2. The van der Waals surface area contributed by atoms with Gasteiger partial charge in [0.05, 0.1) is 0 Å². The number of rotatable bonds is 5. The van der Waals surface area contributed by atoms with Crippen molar-refractivity contribution >= 4 is 5.97 Å². The first-order chi connectivity index (χ1) is 7.22.